The monoisotopic (exact) mass is 560 g/mol. The number of H-pyrrole nitrogens is 1. The van der Waals surface area contributed by atoms with Crippen molar-refractivity contribution in [2.45, 2.75) is 58.2 Å². The fourth-order valence-electron chi connectivity index (χ4n) is 4.72. The van der Waals surface area contributed by atoms with E-state index in [1.165, 1.54) is 0 Å². The van der Waals surface area contributed by atoms with E-state index < -0.39 is 40.8 Å². The highest BCUT2D eigenvalue weighted by Gasteiger charge is 2.38. The Balaban J connectivity index is 1.35. The van der Waals surface area contributed by atoms with Crippen LogP contribution in [-0.2, 0) is 28.4 Å². The van der Waals surface area contributed by atoms with Crippen molar-refractivity contribution in [1.82, 2.24) is 24.6 Å². The van der Waals surface area contributed by atoms with Gasteiger partial charge in [-0.05, 0) is 32.4 Å². The highest BCUT2D eigenvalue weighted by atomic mass is 19.4. The van der Waals surface area contributed by atoms with E-state index in [4.69, 9.17) is 4.74 Å². The minimum Gasteiger partial charge on any atom is -0.379 e. The first-order chi connectivity index (χ1) is 18.2. The average Bonchev–Trinajstić information content (AvgIpc) is 3.12. The van der Waals surface area contributed by atoms with Gasteiger partial charge in [0.2, 0.25) is 5.91 Å². The highest BCUT2D eigenvalue weighted by Crippen LogP contribution is 2.36. The maximum Gasteiger partial charge on any atom is 0.423 e. The van der Waals surface area contributed by atoms with Crippen LogP contribution in [0.15, 0.2) is 23.3 Å². The van der Waals surface area contributed by atoms with E-state index in [1.54, 1.807) is 23.8 Å². The van der Waals surface area contributed by atoms with Crippen LogP contribution in [0.2, 0.25) is 0 Å². The summed E-state index contributed by atoms with van der Waals surface area (Å²) < 4.78 is 86.5. The number of pyridine rings is 1. The Bertz CT molecular complexity index is 1430. The van der Waals surface area contributed by atoms with Crippen molar-refractivity contribution in [2.24, 2.45) is 0 Å². The number of halogens is 6. The van der Waals surface area contributed by atoms with Gasteiger partial charge in [-0.25, -0.2) is 10.1 Å². The third kappa shape index (κ3) is 5.87. The normalized spacial score (nSPS) is 16.8. The van der Waals surface area contributed by atoms with Gasteiger partial charge in [-0.3, -0.25) is 9.59 Å². The van der Waals surface area contributed by atoms with Crippen molar-refractivity contribution >= 4 is 22.6 Å². The first-order valence-electron chi connectivity index (χ1n) is 12.0. The first kappa shape index (κ1) is 28.4. The fourth-order valence-corrected chi connectivity index (χ4v) is 4.72. The van der Waals surface area contributed by atoms with Crippen molar-refractivity contribution in [3.8, 4) is 0 Å². The molecule has 0 saturated heterocycles. The molecule has 0 aromatic carbocycles. The predicted molar refractivity (Wildman–Crippen MR) is 128 cm³/mol. The first-order valence-corrected chi connectivity index (χ1v) is 12.0. The van der Waals surface area contributed by atoms with Crippen molar-refractivity contribution in [1.29, 1.82) is 0 Å². The molecule has 4 rings (SSSR count). The van der Waals surface area contributed by atoms with E-state index in [0.717, 1.165) is 18.5 Å². The van der Waals surface area contributed by atoms with Crippen LogP contribution in [0.4, 0.5) is 32.0 Å². The maximum atomic E-state index is 13.2. The predicted octanol–water partition coefficient (Wildman–Crippen LogP) is 4.28. The minimum absolute atomic E-state index is 0.00441. The second-order valence-corrected chi connectivity index (χ2v) is 9.51. The van der Waals surface area contributed by atoms with Gasteiger partial charge in [0.25, 0.3) is 5.56 Å². The van der Waals surface area contributed by atoms with Crippen LogP contribution in [0.3, 0.4) is 0 Å². The molecule has 0 aliphatic carbocycles. The molecule has 0 spiro atoms. The number of amides is 1. The van der Waals surface area contributed by atoms with E-state index in [2.05, 4.69) is 15.4 Å². The third-order valence-electron chi connectivity index (χ3n) is 6.54. The summed E-state index contributed by atoms with van der Waals surface area (Å²) in [6.07, 6.45) is -7.73. The summed E-state index contributed by atoms with van der Waals surface area (Å²) in [7, 11) is 0. The quantitative estimate of drug-likeness (QED) is 0.330. The van der Waals surface area contributed by atoms with Gasteiger partial charge < -0.3 is 19.5 Å². The SMILES string of the molecule is Cc1c2n(c3ncc(C(F)(F)F)cc13)[C@H](C)CN(C(=O)CCOC[C@H](C)Nc1cn[nH]c(=O)c1C(F)(F)F)C2. The van der Waals surface area contributed by atoms with E-state index >= 15 is 0 Å². The Kier molecular flexibility index (Phi) is 7.65. The molecule has 212 valence electrons. The van der Waals surface area contributed by atoms with E-state index in [0.29, 0.717) is 28.8 Å². The Morgan fingerprint density at radius 3 is 2.62 bits per heavy atom. The third-order valence-corrected chi connectivity index (χ3v) is 6.54. The summed E-state index contributed by atoms with van der Waals surface area (Å²) in [6, 6.07) is 0.213. The maximum absolute atomic E-state index is 13.2. The second-order valence-electron chi connectivity index (χ2n) is 9.51. The van der Waals surface area contributed by atoms with Crippen molar-refractivity contribution in [3.63, 3.8) is 0 Å². The number of aryl methyl sites for hydroxylation is 1. The smallest absolute Gasteiger partial charge is 0.379 e. The van der Waals surface area contributed by atoms with Crippen LogP contribution in [0.5, 0.6) is 0 Å². The number of nitrogens with zero attached hydrogens (tertiary/aromatic N) is 4. The summed E-state index contributed by atoms with van der Waals surface area (Å²) in [5.41, 5.74) is -2.32. The van der Waals surface area contributed by atoms with Gasteiger partial charge in [-0.2, -0.15) is 31.4 Å². The average molecular weight is 560 g/mol. The number of aromatic nitrogens is 4. The number of hydrogen-bond donors (Lipinski definition) is 2. The van der Waals surface area contributed by atoms with Gasteiger partial charge in [0.05, 0.1) is 49.7 Å². The number of aromatic amines is 1. The second kappa shape index (κ2) is 10.5. The van der Waals surface area contributed by atoms with E-state index in [1.807, 2.05) is 11.5 Å². The Morgan fingerprint density at radius 2 is 1.95 bits per heavy atom. The largest absolute Gasteiger partial charge is 0.423 e. The lowest BCUT2D eigenvalue weighted by molar-refractivity contribution is -0.138. The number of alkyl halides is 6. The Morgan fingerprint density at radius 1 is 1.23 bits per heavy atom. The van der Waals surface area contributed by atoms with Crippen LogP contribution < -0.4 is 10.9 Å². The molecule has 4 heterocycles. The topological polar surface area (TPSA) is 105 Å². The van der Waals surface area contributed by atoms with E-state index in [-0.39, 0.29) is 38.1 Å². The van der Waals surface area contributed by atoms with Crippen molar-refractivity contribution < 1.29 is 35.9 Å². The van der Waals surface area contributed by atoms with Crippen molar-refractivity contribution in [3.05, 3.63) is 51.2 Å². The lowest BCUT2D eigenvalue weighted by atomic mass is 10.1. The molecule has 1 amide bonds. The molecule has 9 nitrogen and oxygen atoms in total. The number of anilines is 1. The summed E-state index contributed by atoms with van der Waals surface area (Å²) >= 11 is 0. The zero-order chi connectivity index (χ0) is 28.7. The number of carbonyl (C=O) groups excluding carboxylic acids is 1. The molecule has 0 radical (unpaired) electrons. The Hall–Kier alpha value is -3.62. The molecule has 0 saturated carbocycles. The number of carbonyl (C=O) groups is 1. The summed E-state index contributed by atoms with van der Waals surface area (Å²) in [5, 5.41) is 8.09. The van der Waals surface area contributed by atoms with Crippen molar-refractivity contribution in [2.75, 3.05) is 25.1 Å². The summed E-state index contributed by atoms with van der Waals surface area (Å²) in [5.74, 6) is -0.236. The van der Waals surface area contributed by atoms with Gasteiger partial charge in [0, 0.05) is 29.9 Å². The molecule has 39 heavy (non-hydrogen) atoms. The zero-order valence-corrected chi connectivity index (χ0v) is 21.2. The van der Waals surface area contributed by atoms with E-state index in [9.17, 15) is 35.9 Å². The molecule has 3 aromatic rings. The molecule has 2 N–H and O–H groups in total. The molecule has 1 aliphatic rings. The standard InChI is InChI=1S/C24H26F6N6O3/c1-12(33-17-8-32-34-22(38)20(17)24(28,29)30)11-39-5-4-19(37)35-9-13(2)36-18(10-35)14(3)16-6-15(23(25,26)27)7-31-21(16)36/h6-8,12-13H,4-5,9-11H2,1-3H3,(H2,33,34,38)/t12-,13+/m0/s1. The molecule has 0 fully saturated rings. The molecule has 0 bridgehead atoms. The number of fused-ring (bicyclic) bond motifs is 3. The van der Waals surface area contributed by atoms with Gasteiger partial charge in [-0.1, -0.05) is 0 Å². The molecule has 1 aliphatic heterocycles. The van der Waals surface area contributed by atoms with Crippen LogP contribution >= 0.6 is 0 Å². The molecule has 2 atom stereocenters. The molecular weight excluding hydrogens is 534 g/mol. The van der Waals surface area contributed by atoms with Crippen LogP contribution in [0.25, 0.3) is 11.0 Å². The number of nitrogens with one attached hydrogen (secondary N) is 2. The van der Waals surface area contributed by atoms with Crippen LogP contribution in [0, 0.1) is 6.92 Å². The van der Waals surface area contributed by atoms with Gasteiger partial charge in [0.1, 0.15) is 11.2 Å². The van der Waals surface area contributed by atoms with Crippen LogP contribution in [0.1, 0.15) is 48.7 Å². The summed E-state index contributed by atoms with van der Waals surface area (Å²) in [6.45, 7) is 5.57. The molecular formula is C24H26F6N6O3. The lowest BCUT2D eigenvalue weighted by Crippen LogP contribution is -2.40. The Labute approximate surface area is 218 Å². The van der Waals surface area contributed by atoms with Gasteiger partial charge >= 0.3 is 12.4 Å². The van der Waals surface area contributed by atoms with Gasteiger partial charge in [-0.15, -0.1) is 0 Å². The number of hydrogen-bond acceptors (Lipinski definition) is 6. The number of ether oxygens (including phenoxy) is 1. The molecule has 3 aromatic heterocycles. The lowest BCUT2D eigenvalue weighted by Gasteiger charge is -2.34. The fraction of sp³-hybridized carbons (Fsp3) is 0.500. The number of rotatable bonds is 7. The molecule has 0 unspecified atom stereocenters. The zero-order valence-electron chi connectivity index (χ0n) is 21.2. The summed E-state index contributed by atoms with van der Waals surface area (Å²) in [4.78, 5) is 30.1. The highest BCUT2D eigenvalue weighted by molar-refractivity contribution is 5.84. The van der Waals surface area contributed by atoms with Gasteiger partial charge in [0.15, 0.2) is 0 Å². The van der Waals surface area contributed by atoms with Crippen LogP contribution in [-0.4, -0.2) is 56.4 Å². The molecule has 15 heteroatoms. The minimum atomic E-state index is -4.88.